The van der Waals surface area contributed by atoms with Crippen molar-refractivity contribution in [3.63, 3.8) is 0 Å². The van der Waals surface area contributed by atoms with Gasteiger partial charge in [0.1, 0.15) is 6.04 Å². The highest BCUT2D eigenvalue weighted by Gasteiger charge is 2.32. The smallest absolute Gasteiger partial charge is 0.250 e. The summed E-state index contributed by atoms with van der Waals surface area (Å²) in [5, 5.41) is 11.5. The molecule has 0 fully saturated rings. The van der Waals surface area contributed by atoms with Gasteiger partial charge in [0.15, 0.2) is 4.34 Å². The van der Waals surface area contributed by atoms with Crippen LogP contribution in [0.4, 0.5) is 10.8 Å². The fourth-order valence-electron chi connectivity index (χ4n) is 2.42. The van der Waals surface area contributed by atoms with Crippen LogP contribution in [0.1, 0.15) is 26.7 Å². The number of benzene rings is 1. The lowest BCUT2D eigenvalue weighted by atomic mass is 10.2. The molecule has 0 unspecified atom stereocenters. The number of nitrogens with one attached hydrogen (secondary N) is 1. The van der Waals surface area contributed by atoms with Gasteiger partial charge in [-0.05, 0) is 31.0 Å². The van der Waals surface area contributed by atoms with E-state index in [9.17, 15) is 13.2 Å². The maximum absolute atomic E-state index is 12.8. The number of thioether (sulfide) groups is 1. The Bertz CT molecular complexity index is 917. The first-order chi connectivity index (χ1) is 13.2. The third-order valence-electron chi connectivity index (χ3n) is 3.50. The average molecular weight is 483 g/mol. The van der Waals surface area contributed by atoms with E-state index >= 15 is 0 Å². The Balaban J connectivity index is 2.30. The molecule has 1 heterocycles. The van der Waals surface area contributed by atoms with Crippen molar-refractivity contribution in [2.24, 2.45) is 0 Å². The van der Waals surface area contributed by atoms with Crippen LogP contribution in [0, 0.1) is 0 Å². The standard InChI is InChI=1S/C16H20Cl2N4O3S3/c1-4-6-26-16-21-20-15(27-16)19-14(23)13(5-2)22(28(3,24)25)12-8-10(17)7-11(18)9-12/h7-9,13H,4-6H2,1-3H3,(H,19,20,23)/t13-/m1/s1. The average Bonchev–Trinajstić information content (AvgIpc) is 3.02. The van der Waals surface area contributed by atoms with Crippen LogP contribution in [-0.4, -0.2) is 42.6 Å². The fraction of sp³-hybridized carbons (Fsp3) is 0.438. The zero-order chi connectivity index (χ0) is 20.9. The van der Waals surface area contributed by atoms with E-state index in [0.29, 0.717) is 5.13 Å². The minimum atomic E-state index is -3.79. The molecule has 2 aromatic rings. The summed E-state index contributed by atoms with van der Waals surface area (Å²) in [5.74, 6) is 0.393. The van der Waals surface area contributed by atoms with Gasteiger partial charge in [0.2, 0.25) is 21.1 Å². The number of nitrogens with zero attached hydrogens (tertiary/aromatic N) is 3. The molecule has 0 aliphatic rings. The lowest BCUT2D eigenvalue weighted by Gasteiger charge is -2.30. The molecule has 7 nitrogen and oxygen atoms in total. The Hall–Kier alpha value is -1.07. The maximum atomic E-state index is 12.8. The highest BCUT2D eigenvalue weighted by atomic mass is 35.5. The van der Waals surface area contributed by atoms with Crippen molar-refractivity contribution in [2.45, 2.75) is 37.1 Å². The molecular formula is C16H20Cl2N4O3S3. The molecule has 1 aromatic heterocycles. The Morgan fingerprint density at radius 2 is 1.89 bits per heavy atom. The largest absolute Gasteiger partial charge is 0.299 e. The monoisotopic (exact) mass is 482 g/mol. The van der Waals surface area contributed by atoms with Gasteiger partial charge in [0, 0.05) is 15.8 Å². The van der Waals surface area contributed by atoms with Crippen molar-refractivity contribution in [3.8, 4) is 0 Å². The van der Waals surface area contributed by atoms with Crippen LogP contribution in [-0.2, 0) is 14.8 Å². The molecular weight excluding hydrogens is 463 g/mol. The Labute approximate surface area is 182 Å². The summed E-state index contributed by atoms with van der Waals surface area (Å²) in [7, 11) is -3.79. The molecule has 1 amide bonds. The van der Waals surface area contributed by atoms with Crippen LogP contribution in [0.25, 0.3) is 0 Å². The van der Waals surface area contributed by atoms with Gasteiger partial charge in [0.05, 0.1) is 11.9 Å². The molecule has 1 N–H and O–H groups in total. The van der Waals surface area contributed by atoms with Crippen LogP contribution < -0.4 is 9.62 Å². The minimum Gasteiger partial charge on any atom is -0.299 e. The summed E-state index contributed by atoms with van der Waals surface area (Å²) in [6.45, 7) is 3.78. The van der Waals surface area contributed by atoms with Gasteiger partial charge < -0.3 is 0 Å². The molecule has 1 aromatic carbocycles. The Kier molecular flexibility index (Phi) is 8.38. The summed E-state index contributed by atoms with van der Waals surface area (Å²) in [6, 6.07) is 3.40. The second kappa shape index (κ2) is 10.1. The van der Waals surface area contributed by atoms with Crippen LogP contribution in [0.3, 0.4) is 0 Å². The summed E-state index contributed by atoms with van der Waals surface area (Å²) in [6.07, 6.45) is 2.26. The zero-order valence-electron chi connectivity index (χ0n) is 15.5. The lowest BCUT2D eigenvalue weighted by molar-refractivity contribution is -0.117. The fourth-order valence-corrected chi connectivity index (χ4v) is 5.81. The number of sulfonamides is 1. The normalized spacial score (nSPS) is 12.6. The Morgan fingerprint density at radius 1 is 1.25 bits per heavy atom. The second-order valence-corrected chi connectivity index (χ2v) is 10.9. The third-order valence-corrected chi connectivity index (χ3v) is 7.29. The van der Waals surface area contributed by atoms with E-state index in [1.807, 2.05) is 0 Å². The number of aromatic nitrogens is 2. The molecule has 0 spiro atoms. The van der Waals surface area contributed by atoms with Crippen LogP contribution in [0.5, 0.6) is 0 Å². The van der Waals surface area contributed by atoms with Crippen molar-refractivity contribution in [1.29, 1.82) is 0 Å². The molecule has 1 atom stereocenters. The van der Waals surface area contributed by atoms with Gasteiger partial charge >= 0.3 is 0 Å². The number of carbonyl (C=O) groups is 1. The van der Waals surface area contributed by atoms with Crippen molar-refractivity contribution >= 4 is 73.0 Å². The molecule has 12 heteroatoms. The van der Waals surface area contributed by atoms with Gasteiger partial charge in [-0.2, -0.15) is 0 Å². The van der Waals surface area contributed by atoms with E-state index in [1.54, 1.807) is 18.7 Å². The topological polar surface area (TPSA) is 92.3 Å². The molecule has 0 radical (unpaired) electrons. The number of anilines is 2. The van der Waals surface area contributed by atoms with Crippen molar-refractivity contribution in [2.75, 3.05) is 21.6 Å². The summed E-state index contributed by atoms with van der Waals surface area (Å²) in [4.78, 5) is 12.8. The predicted molar refractivity (Wildman–Crippen MR) is 117 cm³/mol. The number of carbonyl (C=O) groups excluding carboxylic acids is 1. The highest BCUT2D eigenvalue weighted by Crippen LogP contribution is 2.30. The molecule has 0 saturated heterocycles. The van der Waals surface area contributed by atoms with E-state index in [0.717, 1.165) is 27.1 Å². The first-order valence-electron chi connectivity index (χ1n) is 8.38. The molecule has 0 aliphatic heterocycles. The van der Waals surface area contributed by atoms with Crippen molar-refractivity contribution in [3.05, 3.63) is 28.2 Å². The van der Waals surface area contributed by atoms with Gasteiger partial charge in [-0.25, -0.2) is 8.42 Å². The lowest BCUT2D eigenvalue weighted by Crippen LogP contribution is -2.47. The number of hydrogen-bond acceptors (Lipinski definition) is 7. The molecule has 0 aliphatic carbocycles. The predicted octanol–water partition coefficient (Wildman–Crippen LogP) is 4.53. The van der Waals surface area contributed by atoms with E-state index in [-0.39, 0.29) is 22.2 Å². The van der Waals surface area contributed by atoms with Gasteiger partial charge in [-0.3, -0.25) is 14.4 Å². The third kappa shape index (κ3) is 6.21. The van der Waals surface area contributed by atoms with Gasteiger partial charge in [-0.1, -0.05) is 60.1 Å². The van der Waals surface area contributed by atoms with Crippen LogP contribution in [0.2, 0.25) is 10.0 Å². The van der Waals surface area contributed by atoms with Crippen LogP contribution >= 0.6 is 46.3 Å². The van der Waals surface area contributed by atoms with Crippen molar-refractivity contribution < 1.29 is 13.2 Å². The molecule has 28 heavy (non-hydrogen) atoms. The summed E-state index contributed by atoms with van der Waals surface area (Å²) in [5.41, 5.74) is 0.221. The first kappa shape index (κ1) is 23.2. The Morgan fingerprint density at radius 3 is 2.43 bits per heavy atom. The van der Waals surface area contributed by atoms with E-state index in [2.05, 4.69) is 22.4 Å². The minimum absolute atomic E-state index is 0.221. The SMILES string of the molecule is CCCSc1nnc(NC(=O)[C@@H](CC)N(c2cc(Cl)cc(Cl)c2)S(C)(=O)=O)s1. The highest BCUT2D eigenvalue weighted by molar-refractivity contribution is 8.01. The van der Waals surface area contributed by atoms with E-state index in [1.165, 1.54) is 29.5 Å². The second-order valence-electron chi connectivity index (χ2n) is 5.82. The van der Waals surface area contributed by atoms with Gasteiger partial charge in [-0.15, -0.1) is 10.2 Å². The number of halogens is 2. The molecule has 0 saturated carbocycles. The summed E-state index contributed by atoms with van der Waals surface area (Å²) >= 11 is 14.8. The molecule has 0 bridgehead atoms. The first-order valence-corrected chi connectivity index (χ1v) is 12.8. The van der Waals surface area contributed by atoms with E-state index < -0.39 is 22.0 Å². The quantitative estimate of drug-likeness (QED) is 0.416. The van der Waals surface area contributed by atoms with Gasteiger partial charge in [0.25, 0.3) is 0 Å². The summed E-state index contributed by atoms with van der Waals surface area (Å²) < 4.78 is 26.7. The number of hydrogen-bond donors (Lipinski definition) is 1. The molecule has 2 rings (SSSR count). The van der Waals surface area contributed by atoms with Crippen molar-refractivity contribution in [1.82, 2.24) is 10.2 Å². The number of amides is 1. The number of rotatable bonds is 9. The van der Waals surface area contributed by atoms with Crippen LogP contribution in [0.15, 0.2) is 22.5 Å². The van der Waals surface area contributed by atoms with E-state index in [4.69, 9.17) is 23.2 Å². The molecule has 154 valence electrons. The zero-order valence-corrected chi connectivity index (χ0v) is 19.4. The maximum Gasteiger partial charge on any atom is 0.250 e.